The topological polar surface area (TPSA) is 35.2 Å². The van der Waals surface area contributed by atoms with E-state index in [2.05, 4.69) is 15.9 Å². The Labute approximate surface area is 120 Å². The van der Waals surface area contributed by atoms with E-state index in [9.17, 15) is 4.39 Å². The van der Waals surface area contributed by atoms with E-state index in [4.69, 9.17) is 10.5 Å². The van der Waals surface area contributed by atoms with Crippen molar-refractivity contribution in [2.45, 2.75) is 13.0 Å². The van der Waals surface area contributed by atoms with E-state index in [1.807, 2.05) is 31.2 Å². The van der Waals surface area contributed by atoms with Gasteiger partial charge in [-0.1, -0.05) is 24.3 Å². The molecular formula is C15H15BrFNO. The lowest BCUT2D eigenvalue weighted by molar-refractivity contribution is 0.411. The molecule has 0 heterocycles. The first-order valence-electron chi connectivity index (χ1n) is 5.88. The fraction of sp³-hybridized carbons (Fsp3) is 0.200. The Morgan fingerprint density at radius 2 is 2.00 bits per heavy atom. The molecule has 4 heteroatoms. The molecule has 2 nitrogen and oxygen atoms in total. The van der Waals surface area contributed by atoms with Crippen molar-refractivity contribution in [3.8, 4) is 5.75 Å². The van der Waals surface area contributed by atoms with Crippen LogP contribution in [0.1, 0.15) is 22.7 Å². The summed E-state index contributed by atoms with van der Waals surface area (Å²) in [6, 6.07) is 10.2. The van der Waals surface area contributed by atoms with Crippen molar-refractivity contribution >= 4 is 15.9 Å². The van der Waals surface area contributed by atoms with Gasteiger partial charge < -0.3 is 10.5 Å². The smallest absolute Gasteiger partial charge is 0.137 e. The van der Waals surface area contributed by atoms with Crippen molar-refractivity contribution < 1.29 is 9.13 Å². The molecule has 2 N–H and O–H groups in total. The van der Waals surface area contributed by atoms with Gasteiger partial charge in [0.05, 0.1) is 17.6 Å². The molecule has 0 aliphatic heterocycles. The molecule has 1 atom stereocenters. The number of hydrogen-bond acceptors (Lipinski definition) is 2. The fourth-order valence-electron chi connectivity index (χ4n) is 2.04. The van der Waals surface area contributed by atoms with Gasteiger partial charge in [0.2, 0.25) is 0 Å². The molecule has 0 aliphatic rings. The third-order valence-electron chi connectivity index (χ3n) is 3.09. The maximum Gasteiger partial charge on any atom is 0.137 e. The predicted octanol–water partition coefficient (Wildman–Crippen LogP) is 3.95. The van der Waals surface area contributed by atoms with E-state index < -0.39 is 0 Å². The first kappa shape index (κ1) is 14.0. The number of nitrogens with two attached hydrogens (primary N) is 1. The van der Waals surface area contributed by atoms with Crippen LogP contribution in [0.25, 0.3) is 0 Å². The summed E-state index contributed by atoms with van der Waals surface area (Å²) in [5, 5.41) is 0. The van der Waals surface area contributed by atoms with Gasteiger partial charge in [-0.15, -0.1) is 0 Å². The fourth-order valence-corrected chi connectivity index (χ4v) is 2.55. The van der Waals surface area contributed by atoms with Gasteiger partial charge in [0.15, 0.2) is 0 Å². The maximum atomic E-state index is 13.5. The van der Waals surface area contributed by atoms with E-state index in [1.165, 1.54) is 6.07 Å². The van der Waals surface area contributed by atoms with E-state index in [0.29, 0.717) is 4.47 Å². The molecule has 19 heavy (non-hydrogen) atoms. The highest BCUT2D eigenvalue weighted by Gasteiger charge is 2.15. The zero-order chi connectivity index (χ0) is 14.0. The summed E-state index contributed by atoms with van der Waals surface area (Å²) in [6.07, 6.45) is 0. The summed E-state index contributed by atoms with van der Waals surface area (Å²) in [6.45, 7) is 1.95. The highest BCUT2D eigenvalue weighted by atomic mass is 79.9. The van der Waals surface area contributed by atoms with Crippen LogP contribution in [0.3, 0.4) is 0 Å². The van der Waals surface area contributed by atoms with Gasteiger partial charge in [0, 0.05) is 0 Å². The van der Waals surface area contributed by atoms with E-state index >= 15 is 0 Å². The highest BCUT2D eigenvalue weighted by Crippen LogP contribution is 2.30. The molecule has 1 unspecified atom stereocenters. The summed E-state index contributed by atoms with van der Waals surface area (Å²) in [4.78, 5) is 0. The Bertz CT molecular complexity index is 601. The van der Waals surface area contributed by atoms with Crippen LogP contribution in [0.4, 0.5) is 4.39 Å². The molecule has 0 radical (unpaired) electrons. The first-order chi connectivity index (χ1) is 9.04. The normalized spacial score (nSPS) is 12.3. The van der Waals surface area contributed by atoms with Crippen LogP contribution < -0.4 is 10.5 Å². The zero-order valence-electron chi connectivity index (χ0n) is 10.8. The van der Waals surface area contributed by atoms with Crippen LogP contribution in [0.2, 0.25) is 0 Å². The summed E-state index contributed by atoms with van der Waals surface area (Å²) >= 11 is 3.25. The summed E-state index contributed by atoms with van der Waals surface area (Å²) in [7, 11) is 1.63. The lowest BCUT2D eigenvalue weighted by Crippen LogP contribution is -2.13. The molecule has 0 saturated carbocycles. The van der Waals surface area contributed by atoms with Gasteiger partial charge in [0.1, 0.15) is 11.6 Å². The SMILES string of the molecule is COc1ccc(C(N)c2cccc(F)c2Br)cc1C. The quantitative estimate of drug-likeness (QED) is 0.928. The lowest BCUT2D eigenvalue weighted by Gasteiger charge is -2.16. The van der Waals surface area contributed by atoms with Gasteiger partial charge in [-0.25, -0.2) is 4.39 Å². The monoisotopic (exact) mass is 323 g/mol. The molecule has 0 spiro atoms. The van der Waals surface area contributed by atoms with Crippen LogP contribution in [0, 0.1) is 12.7 Å². The van der Waals surface area contributed by atoms with Gasteiger partial charge in [-0.05, 0) is 51.7 Å². The summed E-state index contributed by atoms with van der Waals surface area (Å²) in [5.41, 5.74) is 8.86. The largest absolute Gasteiger partial charge is 0.496 e. The second-order valence-electron chi connectivity index (χ2n) is 4.35. The molecule has 2 aromatic carbocycles. The Hall–Kier alpha value is -1.39. The molecule has 0 aliphatic carbocycles. The van der Waals surface area contributed by atoms with Crippen LogP contribution in [-0.2, 0) is 0 Å². The number of aryl methyl sites for hydroxylation is 1. The third-order valence-corrected chi connectivity index (χ3v) is 3.93. The summed E-state index contributed by atoms with van der Waals surface area (Å²) in [5.74, 6) is 0.507. The number of hydrogen-bond donors (Lipinski definition) is 1. The molecular weight excluding hydrogens is 309 g/mol. The molecule has 0 saturated heterocycles. The van der Waals surface area contributed by atoms with Crippen LogP contribution in [-0.4, -0.2) is 7.11 Å². The van der Waals surface area contributed by atoms with Gasteiger partial charge in [-0.2, -0.15) is 0 Å². The van der Waals surface area contributed by atoms with E-state index in [1.54, 1.807) is 13.2 Å². The first-order valence-corrected chi connectivity index (χ1v) is 6.68. The van der Waals surface area contributed by atoms with Crippen molar-refractivity contribution in [3.63, 3.8) is 0 Å². The van der Waals surface area contributed by atoms with Crippen molar-refractivity contribution in [2.24, 2.45) is 5.73 Å². The number of rotatable bonds is 3. The Kier molecular flexibility index (Phi) is 4.22. The average Bonchev–Trinajstić information content (AvgIpc) is 2.41. The second kappa shape index (κ2) is 5.72. The average molecular weight is 324 g/mol. The van der Waals surface area contributed by atoms with Gasteiger partial charge in [-0.3, -0.25) is 0 Å². The van der Waals surface area contributed by atoms with Crippen LogP contribution in [0.15, 0.2) is 40.9 Å². The number of methoxy groups -OCH3 is 1. The van der Waals surface area contributed by atoms with E-state index in [-0.39, 0.29) is 11.9 Å². The lowest BCUT2D eigenvalue weighted by atomic mass is 9.98. The van der Waals surface area contributed by atoms with Crippen LogP contribution in [0.5, 0.6) is 5.75 Å². The minimum Gasteiger partial charge on any atom is -0.496 e. The molecule has 2 aromatic rings. The Balaban J connectivity index is 2.41. The molecule has 0 fully saturated rings. The second-order valence-corrected chi connectivity index (χ2v) is 5.14. The van der Waals surface area contributed by atoms with Crippen molar-refractivity contribution in [3.05, 3.63) is 63.4 Å². The standard InChI is InChI=1S/C15H15BrFNO/c1-9-8-10(6-7-13(9)19-2)15(18)11-4-3-5-12(17)14(11)16/h3-8,15H,18H2,1-2H3. The molecule has 0 bridgehead atoms. The Morgan fingerprint density at radius 1 is 1.26 bits per heavy atom. The molecule has 0 amide bonds. The number of halogens is 2. The van der Waals surface area contributed by atoms with Crippen LogP contribution >= 0.6 is 15.9 Å². The molecule has 0 aromatic heterocycles. The van der Waals surface area contributed by atoms with Crippen molar-refractivity contribution in [1.29, 1.82) is 0 Å². The highest BCUT2D eigenvalue weighted by molar-refractivity contribution is 9.10. The predicted molar refractivity (Wildman–Crippen MR) is 77.9 cm³/mol. The third kappa shape index (κ3) is 2.80. The summed E-state index contributed by atoms with van der Waals surface area (Å²) < 4.78 is 19.2. The molecule has 2 rings (SSSR count). The minimum atomic E-state index is -0.380. The maximum absolute atomic E-state index is 13.5. The van der Waals surface area contributed by atoms with Gasteiger partial charge >= 0.3 is 0 Å². The van der Waals surface area contributed by atoms with E-state index in [0.717, 1.165) is 22.4 Å². The molecule has 100 valence electrons. The number of ether oxygens (including phenoxy) is 1. The van der Waals surface area contributed by atoms with Crippen molar-refractivity contribution in [1.82, 2.24) is 0 Å². The van der Waals surface area contributed by atoms with Gasteiger partial charge in [0.25, 0.3) is 0 Å². The minimum absolute atomic E-state index is 0.307. The zero-order valence-corrected chi connectivity index (χ0v) is 12.4. The van der Waals surface area contributed by atoms with Crippen molar-refractivity contribution in [2.75, 3.05) is 7.11 Å². The number of benzene rings is 2. The Morgan fingerprint density at radius 3 is 2.63 bits per heavy atom.